The molecule has 1 saturated heterocycles. The standard InChI is InChI=1S/C17H18ClFN2/c18-13-6-7-16(19)14(8-13)15-10-21(11-17(15)20)9-12-4-2-1-3-5-12/h1-8,15,17H,9-11,20H2. The van der Waals surface area contributed by atoms with Crippen LogP contribution in [-0.4, -0.2) is 24.0 Å². The second-order valence-corrected chi connectivity index (χ2v) is 6.05. The van der Waals surface area contributed by atoms with Crippen LogP contribution in [0.15, 0.2) is 48.5 Å². The van der Waals surface area contributed by atoms with Crippen LogP contribution in [0.2, 0.25) is 5.02 Å². The molecule has 0 saturated carbocycles. The Morgan fingerprint density at radius 2 is 1.90 bits per heavy atom. The molecule has 0 aliphatic carbocycles. The summed E-state index contributed by atoms with van der Waals surface area (Å²) in [5, 5.41) is 0.556. The van der Waals surface area contributed by atoms with Crippen LogP contribution in [0.25, 0.3) is 0 Å². The fourth-order valence-electron chi connectivity index (χ4n) is 3.01. The van der Waals surface area contributed by atoms with Crippen molar-refractivity contribution < 1.29 is 4.39 Å². The summed E-state index contributed by atoms with van der Waals surface area (Å²) >= 11 is 5.99. The summed E-state index contributed by atoms with van der Waals surface area (Å²) < 4.78 is 14.0. The lowest BCUT2D eigenvalue weighted by molar-refractivity contribution is 0.323. The third kappa shape index (κ3) is 3.26. The third-order valence-corrected chi connectivity index (χ3v) is 4.28. The minimum absolute atomic E-state index is 0.00703. The minimum atomic E-state index is -0.221. The summed E-state index contributed by atoms with van der Waals surface area (Å²) in [4.78, 5) is 2.27. The van der Waals surface area contributed by atoms with Gasteiger partial charge in [-0.3, -0.25) is 4.90 Å². The van der Waals surface area contributed by atoms with Crippen molar-refractivity contribution in [3.05, 3.63) is 70.5 Å². The maximum Gasteiger partial charge on any atom is 0.126 e. The summed E-state index contributed by atoms with van der Waals surface area (Å²) in [5.74, 6) is -0.228. The quantitative estimate of drug-likeness (QED) is 0.941. The largest absolute Gasteiger partial charge is 0.326 e. The Kier molecular flexibility index (Phi) is 4.24. The predicted molar refractivity (Wildman–Crippen MR) is 83.8 cm³/mol. The van der Waals surface area contributed by atoms with Crippen LogP contribution >= 0.6 is 11.6 Å². The zero-order valence-corrected chi connectivity index (χ0v) is 12.4. The van der Waals surface area contributed by atoms with Crippen molar-refractivity contribution in [2.24, 2.45) is 5.73 Å². The van der Waals surface area contributed by atoms with E-state index in [9.17, 15) is 4.39 Å². The Morgan fingerprint density at radius 3 is 2.67 bits per heavy atom. The summed E-state index contributed by atoms with van der Waals surface area (Å²) in [6.45, 7) is 2.37. The molecule has 0 bridgehead atoms. The molecule has 3 rings (SSSR count). The molecular formula is C17H18ClFN2. The number of nitrogens with two attached hydrogens (primary N) is 1. The van der Waals surface area contributed by atoms with Gasteiger partial charge in [-0.25, -0.2) is 4.39 Å². The first-order valence-corrected chi connectivity index (χ1v) is 7.48. The van der Waals surface area contributed by atoms with Crippen molar-refractivity contribution in [1.82, 2.24) is 4.90 Å². The van der Waals surface area contributed by atoms with Gasteiger partial charge < -0.3 is 5.73 Å². The van der Waals surface area contributed by atoms with E-state index >= 15 is 0 Å². The molecule has 2 N–H and O–H groups in total. The number of benzene rings is 2. The first-order chi connectivity index (χ1) is 10.1. The molecule has 0 aromatic heterocycles. The Bertz CT molecular complexity index is 617. The van der Waals surface area contributed by atoms with E-state index in [0.29, 0.717) is 10.6 Å². The lowest BCUT2D eigenvalue weighted by atomic mass is 9.94. The van der Waals surface area contributed by atoms with Gasteiger partial charge in [0.05, 0.1) is 0 Å². The lowest BCUT2D eigenvalue weighted by Crippen LogP contribution is -2.29. The van der Waals surface area contributed by atoms with Gasteiger partial charge >= 0.3 is 0 Å². The lowest BCUT2D eigenvalue weighted by Gasteiger charge is -2.17. The van der Waals surface area contributed by atoms with E-state index in [0.717, 1.165) is 19.6 Å². The van der Waals surface area contributed by atoms with Crippen molar-refractivity contribution >= 4 is 11.6 Å². The van der Waals surface area contributed by atoms with E-state index in [2.05, 4.69) is 17.0 Å². The van der Waals surface area contributed by atoms with Gasteiger partial charge in [-0.05, 0) is 29.3 Å². The first kappa shape index (κ1) is 14.5. The molecule has 0 amide bonds. The molecule has 0 radical (unpaired) electrons. The molecule has 1 fully saturated rings. The number of hydrogen-bond acceptors (Lipinski definition) is 2. The molecule has 1 aliphatic rings. The molecule has 2 aromatic carbocycles. The van der Waals surface area contributed by atoms with Crippen LogP contribution in [0.1, 0.15) is 17.0 Å². The molecule has 2 nitrogen and oxygen atoms in total. The Morgan fingerprint density at radius 1 is 1.14 bits per heavy atom. The second kappa shape index (κ2) is 6.14. The van der Waals surface area contributed by atoms with Crippen LogP contribution in [0, 0.1) is 5.82 Å². The van der Waals surface area contributed by atoms with Crippen molar-refractivity contribution in [2.45, 2.75) is 18.5 Å². The second-order valence-electron chi connectivity index (χ2n) is 5.62. The van der Waals surface area contributed by atoms with E-state index in [4.69, 9.17) is 17.3 Å². The molecule has 2 unspecified atom stereocenters. The molecule has 1 aliphatic heterocycles. The first-order valence-electron chi connectivity index (χ1n) is 7.10. The average Bonchev–Trinajstić information content (AvgIpc) is 2.83. The molecule has 2 atom stereocenters. The molecule has 1 heterocycles. The summed E-state index contributed by atoms with van der Waals surface area (Å²) in [5.41, 5.74) is 8.10. The van der Waals surface area contributed by atoms with Gasteiger partial charge in [0.15, 0.2) is 0 Å². The van der Waals surface area contributed by atoms with E-state index < -0.39 is 0 Å². The smallest absolute Gasteiger partial charge is 0.126 e. The highest BCUT2D eigenvalue weighted by Crippen LogP contribution is 2.31. The maximum atomic E-state index is 14.0. The Hall–Kier alpha value is -1.42. The molecule has 2 aromatic rings. The van der Waals surface area contributed by atoms with Crippen LogP contribution in [0.5, 0.6) is 0 Å². The SMILES string of the molecule is NC1CN(Cc2ccccc2)CC1c1cc(Cl)ccc1F. The number of halogens is 2. The highest BCUT2D eigenvalue weighted by Gasteiger charge is 2.32. The van der Waals surface area contributed by atoms with Crippen LogP contribution < -0.4 is 5.73 Å². The van der Waals surface area contributed by atoms with E-state index in [-0.39, 0.29) is 17.8 Å². The van der Waals surface area contributed by atoms with E-state index in [1.807, 2.05) is 18.2 Å². The topological polar surface area (TPSA) is 29.3 Å². The predicted octanol–water partition coefficient (Wildman–Crippen LogP) is 3.41. The fraction of sp³-hybridized carbons (Fsp3) is 0.294. The van der Waals surface area contributed by atoms with Gasteiger partial charge in [-0.2, -0.15) is 0 Å². The zero-order chi connectivity index (χ0) is 14.8. The summed E-state index contributed by atoms with van der Waals surface area (Å²) in [6, 6.07) is 14.9. The number of nitrogens with zero attached hydrogens (tertiary/aromatic N) is 1. The van der Waals surface area contributed by atoms with Crippen molar-refractivity contribution in [2.75, 3.05) is 13.1 Å². The fourth-order valence-corrected chi connectivity index (χ4v) is 3.19. The normalized spacial score (nSPS) is 22.6. The third-order valence-electron chi connectivity index (χ3n) is 4.05. The van der Waals surface area contributed by atoms with Crippen molar-refractivity contribution in [3.63, 3.8) is 0 Å². The summed E-state index contributed by atoms with van der Waals surface area (Å²) in [6.07, 6.45) is 0. The van der Waals surface area contributed by atoms with E-state index in [1.54, 1.807) is 12.1 Å². The van der Waals surface area contributed by atoms with Crippen molar-refractivity contribution in [3.8, 4) is 0 Å². The van der Waals surface area contributed by atoms with E-state index in [1.165, 1.54) is 11.6 Å². The molecule has 0 spiro atoms. The highest BCUT2D eigenvalue weighted by atomic mass is 35.5. The van der Waals surface area contributed by atoms with Gasteiger partial charge in [0.25, 0.3) is 0 Å². The van der Waals surface area contributed by atoms with Crippen LogP contribution in [0.3, 0.4) is 0 Å². The minimum Gasteiger partial charge on any atom is -0.326 e. The van der Waals surface area contributed by atoms with Gasteiger partial charge in [0, 0.05) is 36.6 Å². The molecule has 21 heavy (non-hydrogen) atoms. The molecule has 4 heteroatoms. The Labute approximate surface area is 129 Å². The molecular weight excluding hydrogens is 287 g/mol. The summed E-state index contributed by atoms with van der Waals surface area (Å²) in [7, 11) is 0. The van der Waals surface area contributed by atoms with Crippen LogP contribution in [-0.2, 0) is 6.54 Å². The maximum absolute atomic E-state index is 14.0. The average molecular weight is 305 g/mol. The van der Waals surface area contributed by atoms with Gasteiger partial charge in [0.2, 0.25) is 0 Å². The van der Waals surface area contributed by atoms with Gasteiger partial charge in [-0.1, -0.05) is 41.9 Å². The Balaban J connectivity index is 1.75. The molecule has 110 valence electrons. The van der Waals surface area contributed by atoms with Gasteiger partial charge in [-0.15, -0.1) is 0 Å². The number of likely N-dealkylation sites (tertiary alicyclic amines) is 1. The number of hydrogen-bond donors (Lipinski definition) is 1. The zero-order valence-electron chi connectivity index (χ0n) is 11.7. The highest BCUT2D eigenvalue weighted by molar-refractivity contribution is 6.30. The van der Waals surface area contributed by atoms with Gasteiger partial charge in [0.1, 0.15) is 5.82 Å². The monoisotopic (exact) mass is 304 g/mol. The number of rotatable bonds is 3. The van der Waals surface area contributed by atoms with Crippen molar-refractivity contribution in [1.29, 1.82) is 0 Å². The van der Waals surface area contributed by atoms with Crippen LogP contribution in [0.4, 0.5) is 4.39 Å².